The van der Waals surface area contributed by atoms with E-state index in [1.807, 2.05) is 11.9 Å². The predicted octanol–water partition coefficient (Wildman–Crippen LogP) is 2.41. The number of nitrogens with zero attached hydrogens (tertiary/aromatic N) is 2. The lowest BCUT2D eigenvalue weighted by Gasteiger charge is -2.17. The van der Waals surface area contributed by atoms with Gasteiger partial charge in [0.05, 0.1) is 5.56 Å². The van der Waals surface area contributed by atoms with Crippen molar-refractivity contribution in [3.8, 4) is 0 Å². The van der Waals surface area contributed by atoms with Crippen molar-refractivity contribution < 1.29 is 9.90 Å². The van der Waals surface area contributed by atoms with Gasteiger partial charge in [-0.3, -0.25) is 0 Å². The molecule has 0 fully saturated rings. The molecule has 0 saturated carbocycles. The number of unbranched alkanes of at least 4 members (excludes halogenated alkanes) is 2. The molecule has 0 saturated heterocycles. The van der Waals surface area contributed by atoms with Crippen LogP contribution in [-0.4, -0.2) is 29.7 Å². The Balaban J connectivity index is 2.64. The fourth-order valence-electron chi connectivity index (χ4n) is 1.47. The van der Waals surface area contributed by atoms with Crippen LogP contribution in [0.1, 0.15) is 36.5 Å². The molecule has 88 valence electrons. The molecule has 0 aliphatic carbocycles. The van der Waals surface area contributed by atoms with Gasteiger partial charge < -0.3 is 10.0 Å². The van der Waals surface area contributed by atoms with Crippen molar-refractivity contribution in [2.75, 3.05) is 18.5 Å². The average molecular weight is 222 g/mol. The van der Waals surface area contributed by atoms with Gasteiger partial charge in [0.1, 0.15) is 5.82 Å². The van der Waals surface area contributed by atoms with Crippen LogP contribution in [0.15, 0.2) is 18.3 Å². The summed E-state index contributed by atoms with van der Waals surface area (Å²) < 4.78 is 0. The summed E-state index contributed by atoms with van der Waals surface area (Å²) in [5.41, 5.74) is 0.285. The summed E-state index contributed by atoms with van der Waals surface area (Å²) in [7, 11) is 1.93. The molecule has 0 spiro atoms. The van der Waals surface area contributed by atoms with Gasteiger partial charge in [-0.15, -0.1) is 0 Å². The molecular weight excluding hydrogens is 204 g/mol. The predicted molar refractivity (Wildman–Crippen MR) is 64.0 cm³/mol. The van der Waals surface area contributed by atoms with Crippen molar-refractivity contribution in [3.05, 3.63) is 23.9 Å². The van der Waals surface area contributed by atoms with Crippen LogP contribution in [-0.2, 0) is 0 Å². The fourth-order valence-corrected chi connectivity index (χ4v) is 1.47. The first kappa shape index (κ1) is 12.5. The monoisotopic (exact) mass is 222 g/mol. The fraction of sp³-hybridized carbons (Fsp3) is 0.500. The quantitative estimate of drug-likeness (QED) is 0.751. The van der Waals surface area contributed by atoms with E-state index in [1.54, 1.807) is 6.07 Å². The minimum atomic E-state index is -0.911. The zero-order valence-corrected chi connectivity index (χ0v) is 9.81. The Labute approximate surface area is 95.9 Å². The van der Waals surface area contributed by atoms with E-state index in [0.717, 1.165) is 18.8 Å². The van der Waals surface area contributed by atoms with Crippen molar-refractivity contribution in [2.24, 2.45) is 0 Å². The molecule has 0 aliphatic rings. The van der Waals surface area contributed by atoms with Crippen LogP contribution in [0.25, 0.3) is 0 Å². The molecule has 0 aliphatic heterocycles. The highest BCUT2D eigenvalue weighted by Gasteiger charge is 2.07. The molecule has 1 rings (SSSR count). The molecular formula is C12H18N2O2. The number of aromatic nitrogens is 1. The minimum absolute atomic E-state index is 0.285. The Kier molecular flexibility index (Phi) is 4.76. The summed E-state index contributed by atoms with van der Waals surface area (Å²) in [5, 5.41) is 8.86. The second kappa shape index (κ2) is 6.10. The Morgan fingerprint density at radius 3 is 2.88 bits per heavy atom. The highest BCUT2D eigenvalue weighted by atomic mass is 16.4. The van der Waals surface area contributed by atoms with Crippen molar-refractivity contribution in [1.29, 1.82) is 0 Å². The summed E-state index contributed by atoms with van der Waals surface area (Å²) in [6.07, 6.45) is 5.00. The van der Waals surface area contributed by atoms with Crippen LogP contribution in [0.4, 0.5) is 5.82 Å². The number of rotatable bonds is 6. The number of carboxylic acids is 1. The lowest BCUT2D eigenvalue weighted by molar-refractivity contribution is 0.0697. The van der Waals surface area contributed by atoms with Gasteiger partial charge in [0, 0.05) is 19.8 Å². The first-order valence-corrected chi connectivity index (χ1v) is 5.55. The molecule has 4 heteroatoms. The van der Waals surface area contributed by atoms with Gasteiger partial charge in [-0.05, 0) is 18.6 Å². The van der Waals surface area contributed by atoms with Gasteiger partial charge in [0.2, 0.25) is 0 Å². The standard InChI is InChI=1S/C12H18N2O2/c1-3-4-5-8-14(2)11-9-10(12(15)16)6-7-13-11/h6-7,9H,3-5,8H2,1-2H3,(H,15,16). The van der Waals surface area contributed by atoms with E-state index >= 15 is 0 Å². The third-order valence-corrected chi connectivity index (χ3v) is 2.48. The molecule has 4 nitrogen and oxygen atoms in total. The number of hydrogen-bond acceptors (Lipinski definition) is 3. The molecule has 0 aromatic carbocycles. The molecule has 0 atom stereocenters. The minimum Gasteiger partial charge on any atom is -0.478 e. The smallest absolute Gasteiger partial charge is 0.335 e. The Bertz CT molecular complexity index is 353. The number of carboxylic acid groups (broad SMARTS) is 1. The van der Waals surface area contributed by atoms with Crippen molar-refractivity contribution in [2.45, 2.75) is 26.2 Å². The SMILES string of the molecule is CCCCCN(C)c1cc(C(=O)O)ccn1. The van der Waals surface area contributed by atoms with Gasteiger partial charge in [0.25, 0.3) is 0 Å². The van der Waals surface area contributed by atoms with Crippen LogP contribution < -0.4 is 4.90 Å². The van der Waals surface area contributed by atoms with Gasteiger partial charge in [-0.1, -0.05) is 19.8 Å². The second-order valence-electron chi connectivity index (χ2n) is 3.84. The lowest BCUT2D eigenvalue weighted by atomic mass is 10.2. The van der Waals surface area contributed by atoms with Gasteiger partial charge in [-0.2, -0.15) is 0 Å². The van der Waals surface area contributed by atoms with E-state index in [1.165, 1.54) is 25.1 Å². The average Bonchev–Trinajstić information content (AvgIpc) is 2.29. The van der Waals surface area contributed by atoms with Gasteiger partial charge >= 0.3 is 5.97 Å². The van der Waals surface area contributed by atoms with Crippen LogP contribution in [0, 0.1) is 0 Å². The van der Waals surface area contributed by atoms with Gasteiger partial charge in [-0.25, -0.2) is 9.78 Å². The van der Waals surface area contributed by atoms with E-state index in [9.17, 15) is 4.79 Å². The first-order chi connectivity index (χ1) is 7.65. The number of aromatic carboxylic acids is 1. The molecule has 1 aromatic heterocycles. The van der Waals surface area contributed by atoms with E-state index in [0.29, 0.717) is 0 Å². The lowest BCUT2D eigenvalue weighted by Crippen LogP contribution is -2.20. The van der Waals surface area contributed by atoms with E-state index < -0.39 is 5.97 Å². The van der Waals surface area contributed by atoms with Crippen molar-refractivity contribution in [1.82, 2.24) is 4.98 Å². The number of carbonyl (C=O) groups is 1. The highest BCUT2D eigenvalue weighted by Crippen LogP contribution is 2.12. The van der Waals surface area contributed by atoms with Crippen molar-refractivity contribution in [3.63, 3.8) is 0 Å². The molecule has 1 aromatic rings. The summed E-state index contributed by atoms with van der Waals surface area (Å²) in [4.78, 5) is 16.9. The Hall–Kier alpha value is -1.58. The third kappa shape index (κ3) is 3.53. The molecule has 1 heterocycles. The van der Waals surface area contributed by atoms with Crippen molar-refractivity contribution >= 4 is 11.8 Å². The Morgan fingerprint density at radius 1 is 1.50 bits per heavy atom. The van der Waals surface area contributed by atoms with Crippen LogP contribution >= 0.6 is 0 Å². The summed E-state index contributed by atoms with van der Waals surface area (Å²) in [6, 6.07) is 3.11. The molecule has 0 radical (unpaired) electrons. The van der Waals surface area contributed by atoms with Crippen LogP contribution in [0.5, 0.6) is 0 Å². The maximum Gasteiger partial charge on any atom is 0.335 e. The first-order valence-electron chi connectivity index (χ1n) is 5.55. The molecule has 1 N–H and O–H groups in total. The number of pyridine rings is 1. The van der Waals surface area contributed by atoms with E-state index in [2.05, 4.69) is 11.9 Å². The zero-order valence-electron chi connectivity index (χ0n) is 9.81. The summed E-state index contributed by atoms with van der Waals surface area (Å²) in [6.45, 7) is 3.06. The summed E-state index contributed by atoms with van der Waals surface area (Å²) in [5.74, 6) is -0.193. The maximum atomic E-state index is 10.8. The largest absolute Gasteiger partial charge is 0.478 e. The molecule has 0 bridgehead atoms. The molecule has 16 heavy (non-hydrogen) atoms. The van der Waals surface area contributed by atoms with Crippen LogP contribution in [0.3, 0.4) is 0 Å². The van der Waals surface area contributed by atoms with Crippen LogP contribution in [0.2, 0.25) is 0 Å². The topological polar surface area (TPSA) is 53.4 Å². The highest BCUT2D eigenvalue weighted by molar-refractivity contribution is 5.88. The zero-order chi connectivity index (χ0) is 12.0. The maximum absolute atomic E-state index is 10.8. The normalized spacial score (nSPS) is 10.1. The Morgan fingerprint density at radius 2 is 2.25 bits per heavy atom. The molecule has 0 unspecified atom stereocenters. The third-order valence-electron chi connectivity index (χ3n) is 2.48. The van der Waals surface area contributed by atoms with Gasteiger partial charge in [0.15, 0.2) is 0 Å². The second-order valence-corrected chi connectivity index (χ2v) is 3.84. The number of anilines is 1. The number of hydrogen-bond donors (Lipinski definition) is 1. The summed E-state index contributed by atoms with van der Waals surface area (Å²) >= 11 is 0. The molecule has 0 amide bonds. The van der Waals surface area contributed by atoms with E-state index in [-0.39, 0.29) is 5.56 Å². The van der Waals surface area contributed by atoms with E-state index in [4.69, 9.17) is 5.11 Å².